The van der Waals surface area contributed by atoms with Crippen LogP contribution in [0.25, 0.3) is 0 Å². The number of hydrogen-bond donors (Lipinski definition) is 3. The monoisotopic (exact) mass is 354 g/mol. The predicted molar refractivity (Wildman–Crippen MR) is 102 cm³/mol. The fraction of sp³-hybridized carbons (Fsp3) is 0.333. The van der Waals surface area contributed by atoms with E-state index in [0.717, 1.165) is 25.9 Å². The van der Waals surface area contributed by atoms with E-state index in [9.17, 15) is 9.59 Å². The van der Waals surface area contributed by atoms with E-state index in [1.54, 1.807) is 24.3 Å². The summed E-state index contributed by atoms with van der Waals surface area (Å²) in [7, 11) is 0. The number of amides is 1. The number of nitrogens with two attached hydrogens (primary N) is 1. The topological polar surface area (TPSA) is 116 Å². The summed E-state index contributed by atoms with van der Waals surface area (Å²) < 4.78 is 0. The number of H-pyrrole nitrogens is 1. The highest BCUT2D eigenvalue weighted by Gasteiger charge is 2.12. The maximum atomic E-state index is 11.9. The molecule has 1 aliphatic heterocycles. The molecule has 0 spiro atoms. The minimum Gasteiger partial charge on any atom is -0.366 e. The number of nitrogens with zero attached hydrogens (tertiary/aromatic N) is 3. The van der Waals surface area contributed by atoms with Gasteiger partial charge in [0.05, 0.1) is 17.6 Å². The Hall–Kier alpha value is -3.16. The van der Waals surface area contributed by atoms with Gasteiger partial charge in [0.15, 0.2) is 0 Å². The lowest BCUT2D eigenvalue weighted by Gasteiger charge is -2.20. The lowest BCUT2D eigenvalue weighted by Crippen LogP contribution is -2.28. The number of carbonyl (C=O) groups excluding carboxylic acids is 1. The van der Waals surface area contributed by atoms with Crippen LogP contribution >= 0.6 is 0 Å². The van der Waals surface area contributed by atoms with Gasteiger partial charge in [-0.3, -0.25) is 20.0 Å². The van der Waals surface area contributed by atoms with Crippen LogP contribution in [-0.4, -0.2) is 35.2 Å². The minimum absolute atomic E-state index is 0.212. The number of aromatic amines is 1. The molecule has 26 heavy (non-hydrogen) atoms. The van der Waals surface area contributed by atoms with Gasteiger partial charge in [0, 0.05) is 24.7 Å². The molecule has 0 radical (unpaired) electrons. The van der Waals surface area contributed by atoms with Gasteiger partial charge in [0.1, 0.15) is 0 Å². The first-order chi connectivity index (χ1) is 12.6. The molecule has 1 aromatic carbocycles. The van der Waals surface area contributed by atoms with Crippen molar-refractivity contribution < 1.29 is 4.79 Å². The van der Waals surface area contributed by atoms with E-state index in [0.29, 0.717) is 22.9 Å². The number of aromatic nitrogens is 2. The zero-order valence-corrected chi connectivity index (χ0v) is 14.4. The number of nitrogens with one attached hydrogen (secondary N) is 2. The summed E-state index contributed by atoms with van der Waals surface area (Å²) in [5.74, 6) is 0.0764. The molecule has 2 heterocycles. The molecule has 3 rings (SSSR count). The standard InChI is InChI=1S/C18H22N6O2/c19-17(26)13-6-5-7-14(10-13)23-20-12-15-11-16(25)22-18(21-15)24-8-3-1-2-4-9-24/h5-7,10-12,23H,1-4,8-9H2,(H2,19,26)(H,21,22,25)/b20-12+. The lowest BCUT2D eigenvalue weighted by atomic mass is 10.2. The number of primary amides is 1. The summed E-state index contributed by atoms with van der Waals surface area (Å²) in [6, 6.07) is 8.10. The molecular weight excluding hydrogens is 332 g/mol. The number of hydrazone groups is 1. The molecule has 0 saturated carbocycles. The highest BCUT2D eigenvalue weighted by Crippen LogP contribution is 2.14. The van der Waals surface area contributed by atoms with Crippen LogP contribution in [0.4, 0.5) is 11.6 Å². The van der Waals surface area contributed by atoms with E-state index in [1.807, 2.05) is 0 Å². The molecule has 0 atom stereocenters. The zero-order chi connectivity index (χ0) is 18.4. The van der Waals surface area contributed by atoms with Gasteiger partial charge in [-0.15, -0.1) is 0 Å². The van der Waals surface area contributed by atoms with E-state index in [1.165, 1.54) is 25.1 Å². The summed E-state index contributed by atoms with van der Waals surface area (Å²) in [5.41, 5.74) is 9.34. The van der Waals surface area contributed by atoms with Crippen molar-refractivity contribution in [3.63, 3.8) is 0 Å². The molecule has 4 N–H and O–H groups in total. The summed E-state index contributed by atoms with van der Waals surface area (Å²) in [6.45, 7) is 1.78. The van der Waals surface area contributed by atoms with Crippen molar-refractivity contribution in [2.45, 2.75) is 25.7 Å². The van der Waals surface area contributed by atoms with Crippen molar-refractivity contribution in [2.24, 2.45) is 10.8 Å². The summed E-state index contributed by atoms with van der Waals surface area (Å²) in [6.07, 6.45) is 6.08. The van der Waals surface area contributed by atoms with Gasteiger partial charge in [0.25, 0.3) is 5.56 Å². The third kappa shape index (κ3) is 4.69. The summed E-state index contributed by atoms with van der Waals surface area (Å²) in [5, 5.41) is 4.10. The van der Waals surface area contributed by atoms with E-state index < -0.39 is 5.91 Å². The van der Waals surface area contributed by atoms with Gasteiger partial charge in [-0.05, 0) is 31.0 Å². The Morgan fingerprint density at radius 1 is 1.23 bits per heavy atom. The number of benzene rings is 1. The lowest BCUT2D eigenvalue weighted by molar-refractivity contribution is 0.100. The smallest absolute Gasteiger partial charge is 0.252 e. The van der Waals surface area contributed by atoms with Gasteiger partial charge < -0.3 is 10.6 Å². The molecule has 0 aliphatic carbocycles. The average Bonchev–Trinajstić information content (AvgIpc) is 2.91. The second-order valence-corrected chi connectivity index (χ2v) is 6.21. The average molecular weight is 354 g/mol. The Kier molecular flexibility index (Phi) is 5.62. The maximum Gasteiger partial charge on any atom is 0.252 e. The first-order valence-electron chi connectivity index (χ1n) is 8.67. The normalized spacial score (nSPS) is 15.0. The Bertz CT molecular complexity index is 853. The van der Waals surface area contributed by atoms with Gasteiger partial charge in [0.2, 0.25) is 11.9 Å². The van der Waals surface area contributed by atoms with E-state index in [4.69, 9.17) is 5.73 Å². The maximum absolute atomic E-state index is 11.9. The van der Waals surface area contributed by atoms with E-state index >= 15 is 0 Å². The van der Waals surface area contributed by atoms with Crippen molar-refractivity contribution in [2.75, 3.05) is 23.4 Å². The molecule has 1 aliphatic rings. The van der Waals surface area contributed by atoms with E-state index in [2.05, 4.69) is 25.4 Å². The van der Waals surface area contributed by atoms with Crippen molar-refractivity contribution in [1.29, 1.82) is 0 Å². The second kappa shape index (κ2) is 8.28. The van der Waals surface area contributed by atoms with Crippen molar-refractivity contribution in [1.82, 2.24) is 9.97 Å². The third-order valence-corrected chi connectivity index (χ3v) is 4.19. The number of carbonyl (C=O) groups is 1. The van der Waals surface area contributed by atoms with Crippen LogP contribution in [0.1, 0.15) is 41.7 Å². The van der Waals surface area contributed by atoms with Crippen molar-refractivity contribution in [3.05, 3.63) is 51.9 Å². The quantitative estimate of drug-likeness (QED) is 0.558. The fourth-order valence-corrected chi connectivity index (χ4v) is 2.88. The Balaban J connectivity index is 1.73. The zero-order valence-electron chi connectivity index (χ0n) is 14.4. The van der Waals surface area contributed by atoms with Gasteiger partial charge in [-0.1, -0.05) is 18.9 Å². The third-order valence-electron chi connectivity index (χ3n) is 4.19. The Labute approximate surface area is 151 Å². The van der Waals surface area contributed by atoms with Crippen molar-refractivity contribution >= 4 is 23.8 Å². The molecule has 8 nitrogen and oxygen atoms in total. The molecule has 1 amide bonds. The summed E-state index contributed by atoms with van der Waals surface area (Å²) >= 11 is 0. The van der Waals surface area contributed by atoms with Gasteiger partial charge in [-0.25, -0.2) is 4.98 Å². The Morgan fingerprint density at radius 2 is 2.00 bits per heavy atom. The van der Waals surface area contributed by atoms with Crippen LogP contribution in [-0.2, 0) is 0 Å². The predicted octanol–water partition coefficient (Wildman–Crippen LogP) is 1.70. The largest absolute Gasteiger partial charge is 0.366 e. The molecule has 1 aromatic heterocycles. The molecule has 136 valence electrons. The van der Waals surface area contributed by atoms with Crippen LogP contribution in [0.3, 0.4) is 0 Å². The van der Waals surface area contributed by atoms with Crippen LogP contribution in [0, 0.1) is 0 Å². The van der Waals surface area contributed by atoms with Gasteiger partial charge in [-0.2, -0.15) is 5.10 Å². The van der Waals surface area contributed by atoms with E-state index in [-0.39, 0.29) is 5.56 Å². The molecular formula is C18H22N6O2. The first-order valence-corrected chi connectivity index (χ1v) is 8.67. The summed E-state index contributed by atoms with van der Waals surface area (Å²) in [4.78, 5) is 32.5. The molecule has 1 fully saturated rings. The fourth-order valence-electron chi connectivity index (χ4n) is 2.88. The number of hydrogen-bond acceptors (Lipinski definition) is 6. The molecule has 0 unspecified atom stereocenters. The molecule has 1 saturated heterocycles. The van der Waals surface area contributed by atoms with Crippen molar-refractivity contribution in [3.8, 4) is 0 Å². The minimum atomic E-state index is -0.504. The molecule has 2 aromatic rings. The number of rotatable bonds is 5. The van der Waals surface area contributed by atoms with Crippen LogP contribution < -0.4 is 21.6 Å². The highest BCUT2D eigenvalue weighted by molar-refractivity contribution is 5.93. The first kappa shape index (κ1) is 17.7. The number of anilines is 2. The SMILES string of the molecule is NC(=O)c1cccc(N/N=C/c2cc(=O)[nH]c(N3CCCCCC3)n2)c1. The molecule has 8 heteroatoms. The second-order valence-electron chi connectivity index (χ2n) is 6.21. The van der Waals surface area contributed by atoms with Crippen LogP contribution in [0.2, 0.25) is 0 Å². The van der Waals surface area contributed by atoms with Crippen LogP contribution in [0.15, 0.2) is 40.2 Å². The van der Waals surface area contributed by atoms with Gasteiger partial charge >= 0.3 is 0 Å². The highest BCUT2D eigenvalue weighted by atomic mass is 16.1. The Morgan fingerprint density at radius 3 is 2.73 bits per heavy atom. The molecule has 0 bridgehead atoms. The van der Waals surface area contributed by atoms with Crippen LogP contribution in [0.5, 0.6) is 0 Å².